The first-order valence-electron chi connectivity index (χ1n) is 11.4. The zero-order chi connectivity index (χ0) is 24.1. The first kappa shape index (κ1) is 23.8. The molecule has 0 aliphatic carbocycles. The maximum Gasteiger partial charge on any atom is 0.295 e. The molecule has 0 unspecified atom stereocenters. The molecule has 2 heterocycles. The molecule has 2 aliphatic heterocycles. The summed E-state index contributed by atoms with van der Waals surface area (Å²) in [4.78, 5) is 30.2. The highest BCUT2D eigenvalue weighted by atomic mass is 16.5. The van der Waals surface area contributed by atoms with Crippen LogP contribution in [0.3, 0.4) is 0 Å². The van der Waals surface area contributed by atoms with Crippen molar-refractivity contribution in [2.75, 3.05) is 53.6 Å². The first-order valence-corrected chi connectivity index (χ1v) is 11.4. The van der Waals surface area contributed by atoms with Gasteiger partial charge in [-0.25, -0.2) is 0 Å². The number of likely N-dealkylation sites (tertiary alicyclic amines) is 1. The summed E-state index contributed by atoms with van der Waals surface area (Å²) < 4.78 is 16.4. The summed E-state index contributed by atoms with van der Waals surface area (Å²) in [5.74, 6) is -0.472. The highest BCUT2D eigenvalue weighted by Crippen LogP contribution is 2.43. The van der Waals surface area contributed by atoms with E-state index in [-0.39, 0.29) is 11.3 Å². The minimum absolute atomic E-state index is 0.0501. The van der Waals surface area contributed by atoms with E-state index < -0.39 is 17.7 Å². The second-order valence-corrected chi connectivity index (χ2v) is 8.27. The summed E-state index contributed by atoms with van der Waals surface area (Å²) in [5, 5.41) is 11.2. The van der Waals surface area contributed by atoms with Crippen LogP contribution in [0, 0.1) is 0 Å². The third-order valence-electron chi connectivity index (χ3n) is 6.30. The molecule has 0 aromatic heterocycles. The fourth-order valence-electron chi connectivity index (χ4n) is 4.53. The van der Waals surface area contributed by atoms with E-state index in [0.717, 1.165) is 19.6 Å². The molecule has 0 spiro atoms. The van der Waals surface area contributed by atoms with E-state index in [1.807, 2.05) is 6.07 Å². The van der Waals surface area contributed by atoms with Crippen LogP contribution in [-0.2, 0) is 14.3 Å². The molecule has 0 radical (unpaired) electrons. The highest BCUT2D eigenvalue weighted by molar-refractivity contribution is 6.46. The maximum absolute atomic E-state index is 13.2. The Kier molecular flexibility index (Phi) is 7.49. The molecule has 2 aromatic carbocycles. The number of carbonyl (C=O) groups excluding carboxylic acids is 2. The van der Waals surface area contributed by atoms with Gasteiger partial charge in [0.05, 0.1) is 39.0 Å². The van der Waals surface area contributed by atoms with Gasteiger partial charge in [0.1, 0.15) is 17.3 Å². The van der Waals surface area contributed by atoms with Crippen molar-refractivity contribution in [1.82, 2.24) is 9.80 Å². The number of hydrogen-bond acceptors (Lipinski definition) is 7. The number of rotatable bonds is 8. The molecule has 2 saturated heterocycles. The average molecular weight is 467 g/mol. The first-order chi connectivity index (χ1) is 16.5. The van der Waals surface area contributed by atoms with Crippen LogP contribution in [0.1, 0.15) is 23.6 Å². The Balaban J connectivity index is 1.74. The van der Waals surface area contributed by atoms with E-state index in [9.17, 15) is 14.7 Å². The Labute approximate surface area is 199 Å². The topological polar surface area (TPSA) is 88.5 Å². The standard InChI is InChI=1S/C26H30N2O6/c1-32-19-9-10-21(33-2)20(17-19)23-22(24(29)18-7-4-3-5-8-18)25(30)26(31)28(23)12-6-11-27-13-15-34-16-14-27/h3-5,7-10,17,23,29H,6,11-16H2,1-2H3/t23-/m0/s1. The van der Waals surface area contributed by atoms with E-state index in [2.05, 4.69) is 4.90 Å². The number of carbonyl (C=O) groups is 2. The summed E-state index contributed by atoms with van der Waals surface area (Å²) in [6.07, 6.45) is 0.682. The average Bonchev–Trinajstić information content (AvgIpc) is 3.14. The summed E-state index contributed by atoms with van der Waals surface area (Å²) >= 11 is 0. The second-order valence-electron chi connectivity index (χ2n) is 8.27. The minimum Gasteiger partial charge on any atom is -0.507 e. The normalized spacial score (nSPS) is 20.5. The van der Waals surface area contributed by atoms with Gasteiger partial charge in [-0.05, 0) is 24.6 Å². The van der Waals surface area contributed by atoms with Crippen LogP contribution in [0.25, 0.3) is 5.76 Å². The molecule has 4 rings (SSSR count). The third-order valence-corrected chi connectivity index (χ3v) is 6.30. The zero-order valence-corrected chi connectivity index (χ0v) is 19.5. The molecule has 8 heteroatoms. The van der Waals surface area contributed by atoms with Gasteiger partial charge in [-0.3, -0.25) is 14.5 Å². The quantitative estimate of drug-likeness (QED) is 0.364. The van der Waals surface area contributed by atoms with Gasteiger partial charge >= 0.3 is 0 Å². The van der Waals surface area contributed by atoms with Crippen LogP contribution < -0.4 is 9.47 Å². The number of aliphatic hydroxyl groups is 1. The number of amides is 1. The Hall–Kier alpha value is -3.36. The van der Waals surface area contributed by atoms with Gasteiger partial charge < -0.3 is 24.2 Å². The third kappa shape index (κ3) is 4.78. The fraction of sp³-hybridized carbons (Fsp3) is 0.385. The minimum atomic E-state index is -0.796. The van der Waals surface area contributed by atoms with Crippen LogP contribution in [0.4, 0.5) is 0 Å². The highest BCUT2D eigenvalue weighted by Gasteiger charge is 2.47. The zero-order valence-electron chi connectivity index (χ0n) is 19.5. The number of aliphatic hydroxyl groups excluding tert-OH is 1. The molecule has 34 heavy (non-hydrogen) atoms. The predicted octanol–water partition coefficient (Wildman–Crippen LogP) is 2.85. The number of ketones is 1. The summed E-state index contributed by atoms with van der Waals surface area (Å²) in [6.45, 7) is 4.23. The molecule has 1 atom stereocenters. The largest absolute Gasteiger partial charge is 0.507 e. The lowest BCUT2D eigenvalue weighted by Crippen LogP contribution is -2.39. The van der Waals surface area contributed by atoms with E-state index in [1.54, 1.807) is 49.6 Å². The number of ether oxygens (including phenoxy) is 3. The molecule has 8 nitrogen and oxygen atoms in total. The molecule has 2 fully saturated rings. The van der Waals surface area contributed by atoms with Crippen molar-refractivity contribution < 1.29 is 28.9 Å². The number of hydrogen-bond donors (Lipinski definition) is 1. The van der Waals surface area contributed by atoms with Gasteiger partial charge in [-0.1, -0.05) is 30.3 Å². The van der Waals surface area contributed by atoms with Crippen molar-refractivity contribution in [3.63, 3.8) is 0 Å². The monoisotopic (exact) mass is 466 g/mol. The Morgan fingerprint density at radius 1 is 1.03 bits per heavy atom. The van der Waals surface area contributed by atoms with Crippen LogP contribution in [0.5, 0.6) is 11.5 Å². The maximum atomic E-state index is 13.2. The molecule has 0 saturated carbocycles. The van der Waals surface area contributed by atoms with Crippen molar-refractivity contribution in [2.24, 2.45) is 0 Å². The van der Waals surface area contributed by atoms with Crippen molar-refractivity contribution in [3.8, 4) is 11.5 Å². The van der Waals surface area contributed by atoms with Gasteiger partial charge in [0, 0.05) is 37.3 Å². The second kappa shape index (κ2) is 10.7. The number of nitrogens with zero attached hydrogens (tertiary/aromatic N) is 2. The number of Topliss-reactive ketones (excluding diaryl/α,β-unsaturated/α-hetero) is 1. The van der Waals surface area contributed by atoms with Crippen LogP contribution in [0.2, 0.25) is 0 Å². The molecule has 1 N–H and O–H groups in total. The van der Waals surface area contributed by atoms with Crippen LogP contribution in [0.15, 0.2) is 54.1 Å². The Morgan fingerprint density at radius 3 is 2.44 bits per heavy atom. The van der Waals surface area contributed by atoms with Crippen molar-refractivity contribution in [2.45, 2.75) is 12.5 Å². The number of methoxy groups -OCH3 is 2. The number of benzene rings is 2. The van der Waals surface area contributed by atoms with Gasteiger partial charge in [0.2, 0.25) is 0 Å². The lowest BCUT2D eigenvalue weighted by atomic mass is 9.94. The molecular weight excluding hydrogens is 436 g/mol. The predicted molar refractivity (Wildman–Crippen MR) is 127 cm³/mol. The van der Waals surface area contributed by atoms with Gasteiger partial charge in [-0.2, -0.15) is 0 Å². The smallest absolute Gasteiger partial charge is 0.295 e. The van der Waals surface area contributed by atoms with E-state index in [0.29, 0.717) is 48.8 Å². The molecule has 1 amide bonds. The molecule has 0 bridgehead atoms. The SMILES string of the molecule is COc1ccc(OC)c([C@H]2C(=C(O)c3ccccc3)C(=O)C(=O)N2CCCN2CCOCC2)c1. The van der Waals surface area contributed by atoms with Crippen molar-refractivity contribution in [1.29, 1.82) is 0 Å². The van der Waals surface area contributed by atoms with Gasteiger partial charge in [-0.15, -0.1) is 0 Å². The molecular formula is C26H30N2O6. The van der Waals surface area contributed by atoms with E-state index in [1.165, 1.54) is 12.0 Å². The Bertz CT molecular complexity index is 1060. The van der Waals surface area contributed by atoms with Crippen LogP contribution >= 0.6 is 0 Å². The number of morpholine rings is 1. The summed E-state index contributed by atoms with van der Waals surface area (Å²) in [6, 6.07) is 13.2. The lowest BCUT2D eigenvalue weighted by Gasteiger charge is -2.29. The van der Waals surface area contributed by atoms with Crippen LogP contribution in [-0.4, -0.2) is 80.2 Å². The lowest BCUT2D eigenvalue weighted by molar-refractivity contribution is -0.140. The Morgan fingerprint density at radius 2 is 1.76 bits per heavy atom. The molecule has 180 valence electrons. The summed E-state index contributed by atoms with van der Waals surface area (Å²) in [7, 11) is 3.09. The fourth-order valence-corrected chi connectivity index (χ4v) is 4.53. The van der Waals surface area contributed by atoms with E-state index >= 15 is 0 Å². The molecule has 2 aromatic rings. The summed E-state index contributed by atoms with van der Waals surface area (Å²) in [5.41, 5.74) is 1.11. The van der Waals surface area contributed by atoms with Crippen molar-refractivity contribution in [3.05, 3.63) is 65.2 Å². The molecule has 2 aliphatic rings. The van der Waals surface area contributed by atoms with Crippen molar-refractivity contribution >= 4 is 17.4 Å². The van der Waals surface area contributed by atoms with Gasteiger partial charge in [0.25, 0.3) is 11.7 Å². The van der Waals surface area contributed by atoms with E-state index in [4.69, 9.17) is 14.2 Å². The van der Waals surface area contributed by atoms with Gasteiger partial charge in [0.15, 0.2) is 0 Å².